The van der Waals surface area contributed by atoms with Crippen LogP contribution in [0.1, 0.15) is 5.56 Å². The summed E-state index contributed by atoms with van der Waals surface area (Å²) in [4.78, 5) is 4.50. The summed E-state index contributed by atoms with van der Waals surface area (Å²) in [5, 5.41) is 4.27. The number of hydrazone groups is 1. The van der Waals surface area contributed by atoms with Crippen molar-refractivity contribution in [3.8, 4) is 23.8 Å². The van der Waals surface area contributed by atoms with Crippen molar-refractivity contribution < 1.29 is 9.47 Å². The quantitative estimate of drug-likeness (QED) is 0.428. The maximum absolute atomic E-state index is 5.53. The SMILES string of the molecule is C#CCOc1ccc(OC)cc1/C=N\Nc1nc2ccccc2n1C. The molecule has 126 valence electrons. The normalized spacial score (nSPS) is 10.8. The number of imidazole rings is 1. The van der Waals surface area contributed by atoms with Gasteiger partial charge in [0.25, 0.3) is 0 Å². The van der Waals surface area contributed by atoms with Crippen LogP contribution in [0.15, 0.2) is 47.6 Å². The van der Waals surface area contributed by atoms with Crippen molar-refractivity contribution in [1.82, 2.24) is 9.55 Å². The molecule has 0 bridgehead atoms. The Morgan fingerprint density at radius 2 is 2.16 bits per heavy atom. The summed E-state index contributed by atoms with van der Waals surface area (Å²) in [5.41, 5.74) is 5.64. The highest BCUT2D eigenvalue weighted by molar-refractivity contribution is 5.85. The van der Waals surface area contributed by atoms with Crippen molar-refractivity contribution in [2.24, 2.45) is 12.1 Å². The summed E-state index contributed by atoms with van der Waals surface area (Å²) in [6, 6.07) is 13.3. The van der Waals surface area contributed by atoms with Gasteiger partial charge in [-0.15, -0.1) is 6.42 Å². The molecule has 6 heteroatoms. The second-order valence-corrected chi connectivity index (χ2v) is 5.25. The Bertz CT molecular complexity index is 954. The molecule has 3 rings (SSSR count). The smallest absolute Gasteiger partial charge is 0.224 e. The molecular weight excluding hydrogens is 316 g/mol. The number of nitrogens with zero attached hydrogens (tertiary/aromatic N) is 3. The van der Waals surface area contributed by atoms with E-state index in [0.29, 0.717) is 17.4 Å². The van der Waals surface area contributed by atoms with Crippen LogP contribution in [0.5, 0.6) is 11.5 Å². The summed E-state index contributed by atoms with van der Waals surface area (Å²) < 4.78 is 12.7. The molecule has 0 saturated heterocycles. The third-order valence-corrected chi connectivity index (χ3v) is 3.68. The number of benzene rings is 2. The highest BCUT2D eigenvalue weighted by Gasteiger charge is 2.06. The molecular formula is C19H18N4O2. The minimum absolute atomic E-state index is 0.186. The number of ether oxygens (including phenoxy) is 2. The van der Waals surface area contributed by atoms with Crippen LogP contribution in [0.4, 0.5) is 5.95 Å². The lowest BCUT2D eigenvalue weighted by atomic mass is 10.2. The molecule has 0 aliphatic rings. The van der Waals surface area contributed by atoms with Crippen LogP contribution in [-0.2, 0) is 7.05 Å². The Labute approximate surface area is 146 Å². The molecule has 1 heterocycles. The molecule has 1 N–H and O–H groups in total. The number of methoxy groups -OCH3 is 1. The number of aryl methyl sites for hydroxylation is 1. The molecule has 0 radical (unpaired) electrons. The molecule has 0 amide bonds. The van der Waals surface area contributed by atoms with Gasteiger partial charge in [-0.05, 0) is 30.3 Å². The Morgan fingerprint density at radius 1 is 1.32 bits per heavy atom. The van der Waals surface area contributed by atoms with Gasteiger partial charge in [0.1, 0.15) is 18.1 Å². The first-order chi connectivity index (χ1) is 12.2. The van der Waals surface area contributed by atoms with Crippen molar-refractivity contribution in [2.45, 2.75) is 0 Å². The fourth-order valence-corrected chi connectivity index (χ4v) is 2.41. The highest BCUT2D eigenvalue weighted by atomic mass is 16.5. The van der Waals surface area contributed by atoms with Crippen LogP contribution in [0, 0.1) is 12.3 Å². The van der Waals surface area contributed by atoms with E-state index in [1.807, 2.05) is 48.0 Å². The van der Waals surface area contributed by atoms with E-state index in [0.717, 1.165) is 16.6 Å². The number of rotatable bonds is 6. The predicted octanol–water partition coefficient (Wildman–Crippen LogP) is 3.04. The van der Waals surface area contributed by atoms with Gasteiger partial charge < -0.3 is 14.0 Å². The minimum atomic E-state index is 0.186. The van der Waals surface area contributed by atoms with Gasteiger partial charge in [0, 0.05) is 12.6 Å². The summed E-state index contributed by atoms with van der Waals surface area (Å²) in [6.07, 6.45) is 6.90. The number of anilines is 1. The van der Waals surface area contributed by atoms with Crippen molar-refractivity contribution >= 4 is 23.2 Å². The average Bonchev–Trinajstić information content (AvgIpc) is 2.97. The Hall–Kier alpha value is -3.46. The van der Waals surface area contributed by atoms with Crippen molar-refractivity contribution in [3.63, 3.8) is 0 Å². The zero-order valence-electron chi connectivity index (χ0n) is 14.1. The number of nitrogens with one attached hydrogen (secondary N) is 1. The lowest BCUT2D eigenvalue weighted by molar-refractivity contribution is 0.367. The number of para-hydroxylation sites is 2. The fraction of sp³-hybridized carbons (Fsp3) is 0.158. The molecule has 6 nitrogen and oxygen atoms in total. The molecule has 0 aliphatic heterocycles. The maximum atomic E-state index is 5.53. The first-order valence-electron chi connectivity index (χ1n) is 7.67. The Kier molecular flexibility index (Phi) is 4.86. The number of hydrogen-bond donors (Lipinski definition) is 1. The third kappa shape index (κ3) is 3.56. The highest BCUT2D eigenvalue weighted by Crippen LogP contribution is 2.23. The summed E-state index contributed by atoms with van der Waals surface area (Å²) in [7, 11) is 3.54. The van der Waals surface area contributed by atoms with E-state index in [2.05, 4.69) is 21.4 Å². The first-order valence-corrected chi connectivity index (χ1v) is 7.67. The van der Waals surface area contributed by atoms with Gasteiger partial charge in [0.05, 0.1) is 24.4 Å². The standard InChI is InChI=1S/C19H18N4O2/c1-4-11-25-18-10-9-15(24-3)12-14(18)13-20-22-19-21-16-7-5-6-8-17(16)23(19)2/h1,5-10,12-13H,11H2,2-3H3,(H,21,22)/b20-13-. The average molecular weight is 334 g/mol. The van der Waals surface area contributed by atoms with Gasteiger partial charge in [0.15, 0.2) is 0 Å². The molecule has 25 heavy (non-hydrogen) atoms. The van der Waals surface area contributed by atoms with E-state index in [4.69, 9.17) is 15.9 Å². The molecule has 2 aromatic carbocycles. The van der Waals surface area contributed by atoms with E-state index in [1.54, 1.807) is 19.4 Å². The van der Waals surface area contributed by atoms with Gasteiger partial charge >= 0.3 is 0 Å². The van der Waals surface area contributed by atoms with Crippen LogP contribution in [0.3, 0.4) is 0 Å². The van der Waals surface area contributed by atoms with Crippen LogP contribution >= 0.6 is 0 Å². The topological polar surface area (TPSA) is 60.7 Å². The summed E-state index contributed by atoms with van der Waals surface area (Å²) in [5.74, 6) is 4.43. The molecule has 3 aromatic rings. The minimum Gasteiger partial charge on any atom is -0.497 e. The van der Waals surface area contributed by atoms with Crippen molar-refractivity contribution in [1.29, 1.82) is 0 Å². The van der Waals surface area contributed by atoms with Crippen LogP contribution in [0.25, 0.3) is 11.0 Å². The molecule has 0 unspecified atom stereocenters. The van der Waals surface area contributed by atoms with Crippen molar-refractivity contribution in [3.05, 3.63) is 48.0 Å². The maximum Gasteiger partial charge on any atom is 0.224 e. The second kappa shape index (κ2) is 7.41. The Morgan fingerprint density at radius 3 is 2.92 bits per heavy atom. The zero-order chi connectivity index (χ0) is 17.6. The predicted molar refractivity (Wildman–Crippen MR) is 99.3 cm³/mol. The third-order valence-electron chi connectivity index (χ3n) is 3.68. The Balaban J connectivity index is 1.83. The van der Waals surface area contributed by atoms with Gasteiger partial charge in [-0.25, -0.2) is 10.4 Å². The van der Waals surface area contributed by atoms with Gasteiger partial charge in [-0.3, -0.25) is 0 Å². The van der Waals surface area contributed by atoms with E-state index in [9.17, 15) is 0 Å². The van der Waals surface area contributed by atoms with Crippen LogP contribution in [0.2, 0.25) is 0 Å². The van der Waals surface area contributed by atoms with E-state index in [1.165, 1.54) is 0 Å². The molecule has 0 spiro atoms. The van der Waals surface area contributed by atoms with E-state index in [-0.39, 0.29) is 6.61 Å². The molecule has 0 aliphatic carbocycles. The molecule has 0 atom stereocenters. The monoisotopic (exact) mass is 334 g/mol. The largest absolute Gasteiger partial charge is 0.497 e. The van der Waals surface area contributed by atoms with E-state index >= 15 is 0 Å². The zero-order valence-corrected chi connectivity index (χ0v) is 14.1. The fourth-order valence-electron chi connectivity index (χ4n) is 2.41. The van der Waals surface area contributed by atoms with Gasteiger partial charge in [-0.2, -0.15) is 5.10 Å². The number of terminal acetylenes is 1. The number of fused-ring (bicyclic) bond motifs is 1. The van der Waals surface area contributed by atoms with E-state index < -0.39 is 0 Å². The number of aromatic nitrogens is 2. The summed E-state index contributed by atoms with van der Waals surface area (Å²) in [6.45, 7) is 0.186. The number of hydrogen-bond acceptors (Lipinski definition) is 5. The lowest BCUT2D eigenvalue weighted by Crippen LogP contribution is -2.01. The second-order valence-electron chi connectivity index (χ2n) is 5.25. The molecule has 0 fully saturated rings. The van der Waals surface area contributed by atoms with Gasteiger partial charge in [0.2, 0.25) is 5.95 Å². The van der Waals surface area contributed by atoms with Gasteiger partial charge in [-0.1, -0.05) is 18.1 Å². The lowest BCUT2D eigenvalue weighted by Gasteiger charge is -2.08. The summed E-state index contributed by atoms with van der Waals surface area (Å²) >= 11 is 0. The van der Waals surface area contributed by atoms with Crippen LogP contribution in [-0.4, -0.2) is 29.5 Å². The first kappa shape index (κ1) is 16.4. The van der Waals surface area contributed by atoms with Crippen molar-refractivity contribution in [2.75, 3.05) is 19.1 Å². The molecule has 0 saturated carbocycles. The molecule has 1 aromatic heterocycles. The van der Waals surface area contributed by atoms with Crippen LogP contribution < -0.4 is 14.9 Å².